The summed E-state index contributed by atoms with van der Waals surface area (Å²) in [5.41, 5.74) is 6.09. The summed E-state index contributed by atoms with van der Waals surface area (Å²) in [4.78, 5) is 0. The SMILES string of the molecule is Cc1cc2c(c(C)c1I)C(I)(I)C(C)C2. The Hall–Kier alpha value is 1.41. The number of halogens is 3. The summed E-state index contributed by atoms with van der Waals surface area (Å²) in [7, 11) is 0. The maximum atomic E-state index is 2.62. The number of hydrogen-bond acceptors (Lipinski definition) is 0. The van der Waals surface area contributed by atoms with Gasteiger partial charge in [-0.1, -0.05) is 58.2 Å². The van der Waals surface area contributed by atoms with Crippen molar-refractivity contribution in [2.24, 2.45) is 5.92 Å². The summed E-state index contributed by atoms with van der Waals surface area (Å²) in [5, 5.41) is 0. The molecule has 1 aromatic carbocycles. The molecule has 0 aromatic heterocycles. The zero-order valence-electron chi connectivity index (χ0n) is 9.00. The first-order chi connectivity index (χ1) is 6.85. The zero-order chi connectivity index (χ0) is 11.4. The Kier molecular flexibility index (Phi) is 3.65. The van der Waals surface area contributed by atoms with Gasteiger partial charge in [0.25, 0.3) is 0 Å². The van der Waals surface area contributed by atoms with Gasteiger partial charge < -0.3 is 0 Å². The second kappa shape index (κ2) is 4.26. The Balaban J connectivity index is 2.72. The molecule has 0 heterocycles. The van der Waals surface area contributed by atoms with E-state index in [-0.39, 0.29) is 0 Å². The summed E-state index contributed by atoms with van der Waals surface area (Å²) in [6, 6.07) is 2.39. The summed E-state index contributed by atoms with van der Waals surface area (Å²) >= 11 is 7.72. The summed E-state index contributed by atoms with van der Waals surface area (Å²) in [6.07, 6.45) is 1.24. The lowest BCUT2D eigenvalue weighted by Gasteiger charge is -2.23. The molecule has 0 bridgehead atoms. The van der Waals surface area contributed by atoms with Gasteiger partial charge in [-0.25, -0.2) is 0 Å². The first kappa shape index (κ1) is 12.9. The second-order valence-corrected chi connectivity index (χ2v) is 10.9. The maximum absolute atomic E-state index is 2.62. The number of rotatable bonds is 0. The van der Waals surface area contributed by atoms with E-state index < -0.39 is 0 Å². The molecule has 1 aliphatic rings. The van der Waals surface area contributed by atoms with Crippen LogP contribution < -0.4 is 0 Å². The zero-order valence-corrected chi connectivity index (χ0v) is 15.5. The lowest BCUT2D eigenvalue weighted by Crippen LogP contribution is -2.14. The van der Waals surface area contributed by atoms with Gasteiger partial charge in [-0.05, 0) is 71.0 Å². The second-order valence-electron chi connectivity index (χ2n) is 4.39. The minimum atomic E-state index is 0.294. The Bertz CT molecular complexity index is 421. The fourth-order valence-corrected chi connectivity index (χ4v) is 4.74. The molecule has 0 saturated carbocycles. The first-order valence-electron chi connectivity index (χ1n) is 5.02. The minimum absolute atomic E-state index is 0.294. The Labute approximate surface area is 132 Å². The topological polar surface area (TPSA) is 0 Å². The van der Waals surface area contributed by atoms with E-state index in [0.29, 0.717) is 1.43 Å². The van der Waals surface area contributed by atoms with Gasteiger partial charge >= 0.3 is 0 Å². The van der Waals surface area contributed by atoms with E-state index in [9.17, 15) is 0 Å². The average molecular weight is 538 g/mol. The van der Waals surface area contributed by atoms with E-state index in [0.717, 1.165) is 5.92 Å². The van der Waals surface area contributed by atoms with Crippen LogP contribution in [0, 0.1) is 23.3 Å². The number of fused-ring (bicyclic) bond motifs is 1. The van der Waals surface area contributed by atoms with Crippen molar-refractivity contribution in [3.05, 3.63) is 31.9 Å². The van der Waals surface area contributed by atoms with Crippen LogP contribution in [0.1, 0.15) is 29.2 Å². The van der Waals surface area contributed by atoms with Crippen LogP contribution in [-0.2, 0) is 7.85 Å². The molecule has 1 aromatic rings. The highest BCUT2D eigenvalue weighted by Crippen LogP contribution is 2.55. The third-order valence-electron chi connectivity index (χ3n) is 3.24. The van der Waals surface area contributed by atoms with Crippen LogP contribution in [-0.4, -0.2) is 0 Å². The lowest BCUT2D eigenvalue weighted by molar-refractivity contribution is 0.615. The van der Waals surface area contributed by atoms with Gasteiger partial charge in [-0.2, -0.15) is 0 Å². The summed E-state index contributed by atoms with van der Waals surface area (Å²) < 4.78 is 1.74. The predicted octanol–water partition coefficient (Wildman–Crippen LogP) is 5.12. The van der Waals surface area contributed by atoms with Crippen LogP contribution in [0.3, 0.4) is 0 Å². The molecule has 1 unspecified atom stereocenters. The molecule has 0 spiro atoms. The lowest BCUT2D eigenvalue weighted by atomic mass is 10.0. The Morgan fingerprint density at radius 1 is 1.33 bits per heavy atom. The molecule has 1 atom stereocenters. The van der Waals surface area contributed by atoms with E-state index >= 15 is 0 Å². The van der Waals surface area contributed by atoms with E-state index in [4.69, 9.17) is 0 Å². The van der Waals surface area contributed by atoms with Crippen molar-refractivity contribution in [1.29, 1.82) is 0 Å². The fourth-order valence-electron chi connectivity index (χ4n) is 2.37. The largest absolute Gasteiger partial charge is 0.102 e. The molecule has 0 amide bonds. The van der Waals surface area contributed by atoms with Gasteiger partial charge in [0, 0.05) is 3.57 Å². The van der Waals surface area contributed by atoms with Crippen molar-refractivity contribution in [2.45, 2.75) is 28.6 Å². The molecule has 3 heteroatoms. The molecule has 82 valence electrons. The van der Waals surface area contributed by atoms with E-state index in [1.807, 2.05) is 0 Å². The van der Waals surface area contributed by atoms with Gasteiger partial charge in [-0.15, -0.1) is 0 Å². The van der Waals surface area contributed by atoms with E-state index in [1.54, 1.807) is 11.1 Å². The van der Waals surface area contributed by atoms with Gasteiger partial charge in [-0.3, -0.25) is 0 Å². The molecule has 0 saturated heterocycles. The molecular formula is C12H13I3. The quantitative estimate of drug-likeness (QED) is 0.318. The molecule has 0 fully saturated rings. The molecule has 0 nitrogen and oxygen atoms in total. The van der Waals surface area contributed by atoms with Crippen molar-refractivity contribution >= 4 is 67.8 Å². The van der Waals surface area contributed by atoms with E-state index in [1.165, 1.54) is 21.1 Å². The van der Waals surface area contributed by atoms with Gasteiger partial charge in [0.05, 0.1) is 0 Å². The van der Waals surface area contributed by atoms with Gasteiger partial charge in [0.15, 0.2) is 0 Å². The van der Waals surface area contributed by atoms with Crippen LogP contribution in [0.4, 0.5) is 0 Å². The van der Waals surface area contributed by atoms with Crippen LogP contribution in [0.2, 0.25) is 0 Å². The first-order valence-corrected chi connectivity index (χ1v) is 8.26. The highest BCUT2D eigenvalue weighted by atomic mass is 127. The summed E-state index contributed by atoms with van der Waals surface area (Å²) in [5.74, 6) is 0.741. The number of benzene rings is 1. The third-order valence-corrected chi connectivity index (χ3v) is 8.11. The normalized spacial score (nSPS) is 22.9. The molecular weight excluding hydrogens is 525 g/mol. The van der Waals surface area contributed by atoms with Crippen molar-refractivity contribution < 1.29 is 0 Å². The van der Waals surface area contributed by atoms with Gasteiger partial charge in [0.2, 0.25) is 0 Å². The number of alkyl halides is 2. The number of aryl methyl sites for hydroxylation is 1. The maximum Gasteiger partial charge on any atom is 0.102 e. The standard InChI is InChI=1S/C12H13I3/c1-6-4-9-5-7(2)12(14,15)10(9)8(3)11(6)13/h4,7H,5H2,1-3H3. The van der Waals surface area contributed by atoms with Crippen LogP contribution >= 0.6 is 67.8 Å². The molecule has 0 radical (unpaired) electrons. The van der Waals surface area contributed by atoms with Crippen molar-refractivity contribution in [1.82, 2.24) is 0 Å². The van der Waals surface area contributed by atoms with Crippen molar-refractivity contribution in [2.75, 3.05) is 0 Å². The number of hydrogen-bond donors (Lipinski definition) is 0. The smallest absolute Gasteiger partial charge is 0.0616 e. The molecule has 0 aliphatic heterocycles. The molecule has 0 N–H and O–H groups in total. The van der Waals surface area contributed by atoms with E-state index in [2.05, 4.69) is 94.6 Å². The highest BCUT2D eigenvalue weighted by Gasteiger charge is 2.41. The van der Waals surface area contributed by atoms with Crippen LogP contribution in [0.15, 0.2) is 6.07 Å². The van der Waals surface area contributed by atoms with Crippen molar-refractivity contribution in [3.63, 3.8) is 0 Å². The van der Waals surface area contributed by atoms with Crippen LogP contribution in [0.25, 0.3) is 0 Å². The molecule has 1 aliphatic carbocycles. The summed E-state index contributed by atoms with van der Waals surface area (Å²) in [6.45, 7) is 6.86. The Morgan fingerprint density at radius 2 is 1.93 bits per heavy atom. The van der Waals surface area contributed by atoms with Crippen LogP contribution in [0.5, 0.6) is 0 Å². The predicted molar refractivity (Wildman–Crippen MR) is 91.2 cm³/mol. The average Bonchev–Trinajstić information content (AvgIpc) is 2.34. The van der Waals surface area contributed by atoms with Crippen molar-refractivity contribution in [3.8, 4) is 0 Å². The van der Waals surface area contributed by atoms with Gasteiger partial charge in [0.1, 0.15) is 1.43 Å². The Morgan fingerprint density at radius 3 is 2.53 bits per heavy atom. The fraction of sp³-hybridized carbons (Fsp3) is 0.500. The molecule has 15 heavy (non-hydrogen) atoms. The minimum Gasteiger partial charge on any atom is -0.0616 e. The molecule has 2 rings (SSSR count). The third kappa shape index (κ3) is 1.98. The highest BCUT2D eigenvalue weighted by molar-refractivity contribution is 14.2. The monoisotopic (exact) mass is 538 g/mol.